The lowest BCUT2D eigenvalue weighted by molar-refractivity contribution is -0.142. The van der Waals surface area contributed by atoms with Gasteiger partial charge in [0.15, 0.2) is 0 Å². The van der Waals surface area contributed by atoms with Crippen molar-refractivity contribution in [2.75, 3.05) is 12.0 Å². The van der Waals surface area contributed by atoms with Crippen LogP contribution < -0.4 is 21.7 Å². The Morgan fingerprint density at radius 2 is 1.68 bits per heavy atom. The van der Waals surface area contributed by atoms with Crippen molar-refractivity contribution < 1.29 is 29.4 Å². The lowest BCUT2D eigenvalue weighted by atomic mass is 9.98. The van der Waals surface area contributed by atoms with Gasteiger partial charge in [-0.25, -0.2) is 4.79 Å². The molecule has 6 unspecified atom stereocenters. The maximum absolute atomic E-state index is 13.2. The largest absolute Gasteiger partial charge is 0.480 e. The second-order valence-electron chi connectivity index (χ2n) is 9.44. The summed E-state index contributed by atoms with van der Waals surface area (Å²) in [4.78, 5) is 53.9. The molecule has 38 heavy (non-hydrogen) atoms. The summed E-state index contributed by atoms with van der Waals surface area (Å²) in [6.07, 6.45) is 3.18. The van der Waals surface area contributed by atoms with Crippen LogP contribution in [-0.4, -0.2) is 81.2 Å². The number of aliphatic hydroxyl groups is 1. The first kappa shape index (κ1) is 31.1. The molecule has 0 fully saturated rings. The van der Waals surface area contributed by atoms with Gasteiger partial charge in [0.1, 0.15) is 18.1 Å². The van der Waals surface area contributed by atoms with Gasteiger partial charge in [-0.15, -0.1) is 0 Å². The highest BCUT2D eigenvalue weighted by Crippen LogP contribution is 2.19. The molecule has 1 aromatic heterocycles. The minimum Gasteiger partial charge on any atom is -0.480 e. The SMILES string of the molecule is CCC(C)C(N)C(=O)NC(C(=O)NC(CCSC)C(=O)NC(Cc1c[nH]c2ccccc12)C(=O)O)C(C)O. The maximum Gasteiger partial charge on any atom is 0.326 e. The quantitative estimate of drug-likeness (QED) is 0.170. The summed E-state index contributed by atoms with van der Waals surface area (Å²) in [5.74, 6) is -2.88. The van der Waals surface area contributed by atoms with Crippen LogP contribution >= 0.6 is 11.8 Å². The maximum atomic E-state index is 13.2. The van der Waals surface area contributed by atoms with Crippen LogP contribution in [0.1, 0.15) is 39.2 Å². The Kier molecular flexibility index (Phi) is 12.1. The van der Waals surface area contributed by atoms with E-state index in [0.717, 1.165) is 16.5 Å². The van der Waals surface area contributed by atoms with Crippen LogP contribution in [0.4, 0.5) is 0 Å². The third-order valence-corrected chi connectivity index (χ3v) is 7.22. The minimum absolute atomic E-state index is 0.0359. The number of thioether (sulfide) groups is 1. The number of benzene rings is 1. The molecule has 8 N–H and O–H groups in total. The number of aromatic amines is 1. The fourth-order valence-corrected chi connectivity index (χ4v) is 4.40. The van der Waals surface area contributed by atoms with Crippen LogP contribution in [0.25, 0.3) is 10.9 Å². The average Bonchev–Trinajstić information content (AvgIpc) is 3.30. The first-order valence-corrected chi connectivity index (χ1v) is 14.0. The van der Waals surface area contributed by atoms with E-state index in [2.05, 4.69) is 20.9 Å². The van der Waals surface area contributed by atoms with Gasteiger partial charge in [-0.2, -0.15) is 11.8 Å². The number of carbonyl (C=O) groups is 4. The van der Waals surface area contributed by atoms with Gasteiger partial charge in [0.25, 0.3) is 0 Å². The van der Waals surface area contributed by atoms with E-state index < -0.39 is 54.0 Å². The molecule has 210 valence electrons. The van der Waals surface area contributed by atoms with Gasteiger partial charge in [0.05, 0.1) is 12.1 Å². The molecule has 0 bridgehead atoms. The molecule has 0 saturated carbocycles. The van der Waals surface area contributed by atoms with E-state index in [9.17, 15) is 29.4 Å². The summed E-state index contributed by atoms with van der Waals surface area (Å²) in [5, 5.41) is 28.4. The zero-order valence-electron chi connectivity index (χ0n) is 22.2. The van der Waals surface area contributed by atoms with E-state index in [1.165, 1.54) is 18.7 Å². The normalized spacial score (nSPS) is 16.1. The number of carboxylic acid groups (broad SMARTS) is 1. The zero-order valence-corrected chi connectivity index (χ0v) is 23.0. The van der Waals surface area contributed by atoms with Gasteiger partial charge in [-0.1, -0.05) is 38.5 Å². The van der Waals surface area contributed by atoms with Crippen LogP contribution in [0.3, 0.4) is 0 Å². The van der Waals surface area contributed by atoms with Crippen LogP contribution in [0.2, 0.25) is 0 Å². The number of aliphatic hydroxyl groups excluding tert-OH is 1. The predicted molar refractivity (Wildman–Crippen MR) is 148 cm³/mol. The van der Waals surface area contributed by atoms with Crippen molar-refractivity contribution in [2.24, 2.45) is 11.7 Å². The van der Waals surface area contributed by atoms with Crippen molar-refractivity contribution in [1.29, 1.82) is 0 Å². The summed E-state index contributed by atoms with van der Waals surface area (Å²) < 4.78 is 0. The van der Waals surface area contributed by atoms with Crippen molar-refractivity contribution in [3.63, 3.8) is 0 Å². The fraction of sp³-hybridized carbons (Fsp3) is 0.538. The molecular formula is C26H39N5O6S. The summed E-state index contributed by atoms with van der Waals surface area (Å²) in [6.45, 7) is 5.03. The predicted octanol–water partition coefficient (Wildman–Crippen LogP) is 0.757. The monoisotopic (exact) mass is 549 g/mol. The number of fused-ring (bicyclic) bond motifs is 1. The molecule has 11 nitrogen and oxygen atoms in total. The topological polar surface area (TPSA) is 187 Å². The van der Waals surface area contributed by atoms with E-state index in [4.69, 9.17) is 5.73 Å². The molecule has 0 aliphatic heterocycles. The Bertz CT molecular complexity index is 1110. The molecule has 0 spiro atoms. The lowest BCUT2D eigenvalue weighted by Crippen LogP contribution is -2.60. The third-order valence-electron chi connectivity index (χ3n) is 6.58. The van der Waals surface area contributed by atoms with Gasteiger partial charge in [0, 0.05) is 23.5 Å². The molecule has 0 aliphatic rings. The number of nitrogens with two attached hydrogens (primary N) is 1. The smallest absolute Gasteiger partial charge is 0.326 e. The minimum atomic E-state index is -1.34. The Morgan fingerprint density at radius 3 is 2.29 bits per heavy atom. The number of hydrogen-bond donors (Lipinski definition) is 7. The molecule has 6 atom stereocenters. The molecule has 0 saturated heterocycles. The summed E-state index contributed by atoms with van der Waals surface area (Å²) in [5.41, 5.74) is 7.54. The number of nitrogens with one attached hydrogen (secondary N) is 4. The van der Waals surface area contributed by atoms with E-state index in [1.807, 2.05) is 37.4 Å². The number of aromatic nitrogens is 1. The fourth-order valence-electron chi connectivity index (χ4n) is 3.93. The lowest BCUT2D eigenvalue weighted by Gasteiger charge is -2.27. The molecule has 0 radical (unpaired) electrons. The second-order valence-corrected chi connectivity index (χ2v) is 10.4. The first-order valence-electron chi connectivity index (χ1n) is 12.6. The van der Waals surface area contributed by atoms with E-state index in [1.54, 1.807) is 13.1 Å². The number of para-hydroxylation sites is 1. The summed E-state index contributed by atoms with van der Waals surface area (Å²) in [7, 11) is 0. The third kappa shape index (κ3) is 8.47. The average molecular weight is 550 g/mol. The standard InChI is InChI=1S/C26H39N5O6S/c1-5-14(2)21(27)24(34)31-22(15(3)32)25(35)29-19(10-11-38-4)23(33)30-20(26(36)37)12-16-13-28-18-9-7-6-8-17(16)18/h6-9,13-15,19-22,28,32H,5,10-12,27H2,1-4H3,(H,29,35)(H,30,33)(H,31,34)(H,36,37). The summed E-state index contributed by atoms with van der Waals surface area (Å²) in [6, 6.07) is 2.90. The number of aliphatic carboxylic acids is 1. The summed E-state index contributed by atoms with van der Waals surface area (Å²) >= 11 is 1.45. The van der Waals surface area contributed by atoms with Crippen LogP contribution in [-0.2, 0) is 25.6 Å². The highest BCUT2D eigenvalue weighted by Gasteiger charge is 2.33. The van der Waals surface area contributed by atoms with Crippen LogP contribution in [0, 0.1) is 5.92 Å². The number of amides is 3. The number of carboxylic acids is 1. The van der Waals surface area contributed by atoms with Crippen molar-refractivity contribution in [2.45, 2.75) is 70.3 Å². The van der Waals surface area contributed by atoms with Crippen molar-refractivity contribution in [3.05, 3.63) is 36.0 Å². The van der Waals surface area contributed by atoms with E-state index in [0.29, 0.717) is 12.2 Å². The van der Waals surface area contributed by atoms with Crippen molar-refractivity contribution in [3.8, 4) is 0 Å². The molecule has 1 heterocycles. The molecule has 3 amide bonds. The molecule has 0 aliphatic carbocycles. The zero-order chi connectivity index (χ0) is 28.4. The molecule has 1 aromatic carbocycles. The highest BCUT2D eigenvalue weighted by molar-refractivity contribution is 7.98. The van der Waals surface area contributed by atoms with Gasteiger partial charge >= 0.3 is 5.97 Å². The highest BCUT2D eigenvalue weighted by atomic mass is 32.2. The molecule has 12 heteroatoms. The van der Waals surface area contributed by atoms with Gasteiger partial charge in [0.2, 0.25) is 17.7 Å². The number of rotatable bonds is 15. The second kappa shape index (κ2) is 14.7. The number of H-pyrrole nitrogens is 1. The Balaban J connectivity index is 2.16. The Hall–Kier alpha value is -3.09. The Morgan fingerprint density at radius 1 is 1.03 bits per heavy atom. The molecule has 2 rings (SSSR count). The molecule has 2 aromatic rings. The van der Waals surface area contributed by atoms with E-state index in [-0.39, 0.29) is 18.8 Å². The Labute approximate surface area is 226 Å². The van der Waals surface area contributed by atoms with Crippen LogP contribution in [0.5, 0.6) is 0 Å². The van der Waals surface area contributed by atoms with Crippen molar-refractivity contribution >= 4 is 46.4 Å². The molecular weight excluding hydrogens is 510 g/mol. The first-order chi connectivity index (χ1) is 18.0. The van der Waals surface area contributed by atoms with Gasteiger partial charge in [-0.05, 0) is 42.9 Å². The van der Waals surface area contributed by atoms with Gasteiger partial charge < -0.3 is 36.9 Å². The van der Waals surface area contributed by atoms with E-state index >= 15 is 0 Å². The van der Waals surface area contributed by atoms with Crippen LogP contribution in [0.15, 0.2) is 30.5 Å². The van der Waals surface area contributed by atoms with Gasteiger partial charge in [-0.3, -0.25) is 14.4 Å². The number of hydrogen-bond acceptors (Lipinski definition) is 7. The van der Waals surface area contributed by atoms with Crippen molar-refractivity contribution in [1.82, 2.24) is 20.9 Å². The number of carbonyl (C=O) groups excluding carboxylic acids is 3.